The fourth-order valence-corrected chi connectivity index (χ4v) is 8.11. The minimum atomic E-state index is -4.98. The molecule has 0 aromatic heterocycles. The van der Waals surface area contributed by atoms with Crippen LogP contribution in [0.2, 0.25) is 0 Å². The molecule has 0 N–H and O–H groups in total. The van der Waals surface area contributed by atoms with Crippen LogP contribution in [-0.4, -0.2) is 42.4 Å². The second-order valence-corrected chi connectivity index (χ2v) is 14.5. The van der Waals surface area contributed by atoms with Crippen LogP contribution in [0.4, 0.5) is 0 Å². The zero-order valence-electron chi connectivity index (χ0n) is 24.3. The van der Waals surface area contributed by atoms with Gasteiger partial charge in [-0.15, -0.1) is 0 Å². The highest BCUT2D eigenvalue weighted by atomic mass is 32.2. The second kappa shape index (κ2) is 16.6. The summed E-state index contributed by atoms with van der Waals surface area (Å²) < 4.78 is 44.5. The van der Waals surface area contributed by atoms with Gasteiger partial charge in [0.25, 0.3) is 0 Å². The summed E-state index contributed by atoms with van der Waals surface area (Å²) in [5.74, 6) is -1.95. The number of carbonyl (C=O) groups is 2. The van der Waals surface area contributed by atoms with Crippen molar-refractivity contribution in [3.8, 4) is 0 Å². The van der Waals surface area contributed by atoms with E-state index >= 15 is 0 Å². The number of hydrogen-bond donors (Lipinski definition) is 0. The fraction of sp³-hybridized carbons (Fsp3) is 0.412. The maximum Gasteiger partial charge on any atom is 0.324 e. The molecule has 0 spiro atoms. The van der Waals surface area contributed by atoms with Crippen LogP contribution < -0.4 is 0 Å². The summed E-state index contributed by atoms with van der Waals surface area (Å²) in [5.41, 5.74) is 0. The van der Waals surface area contributed by atoms with Crippen molar-refractivity contribution in [2.75, 3.05) is 0 Å². The molecule has 2 saturated carbocycles. The standard InChI is InChI=1S/C18H15S.C16H26O7S/c1-4-10-16(11-5-1)19(17-12-6-2-7-13-17)18-14-8-3-9-15-18;17-15(22-12-7-3-1-4-8-12)11-14(24(19,20)21)16(18)23-13-9-5-2-6-10-13/h1-15H;12-14H,1-11H2,(H,19,20,21)/q+1;/p-1. The van der Waals surface area contributed by atoms with Crippen LogP contribution in [0.25, 0.3) is 0 Å². The third-order valence-corrected chi connectivity index (χ3v) is 10.9. The minimum Gasteiger partial charge on any atom is -0.747 e. The van der Waals surface area contributed by atoms with Crippen LogP contribution in [0.15, 0.2) is 106 Å². The zero-order chi connectivity index (χ0) is 30.5. The lowest BCUT2D eigenvalue weighted by atomic mass is 9.98. The van der Waals surface area contributed by atoms with Crippen molar-refractivity contribution in [3.63, 3.8) is 0 Å². The molecule has 0 radical (unpaired) electrons. The molecule has 43 heavy (non-hydrogen) atoms. The van der Waals surface area contributed by atoms with Crippen molar-refractivity contribution in [2.45, 2.75) is 103 Å². The number of carbonyl (C=O) groups excluding carboxylic acids is 2. The highest BCUT2D eigenvalue weighted by Gasteiger charge is 2.33. The molecular formula is C34H40O7S2. The summed E-state index contributed by atoms with van der Waals surface area (Å²) in [5, 5.41) is -2.02. The van der Waals surface area contributed by atoms with Gasteiger partial charge in [-0.05, 0) is 87.8 Å². The van der Waals surface area contributed by atoms with Gasteiger partial charge in [-0.2, -0.15) is 0 Å². The number of ether oxygens (including phenoxy) is 2. The summed E-state index contributed by atoms with van der Waals surface area (Å²) in [6, 6.07) is 32.2. The van der Waals surface area contributed by atoms with Crippen molar-refractivity contribution >= 4 is 33.0 Å². The molecule has 2 aliphatic rings. The zero-order valence-corrected chi connectivity index (χ0v) is 26.0. The van der Waals surface area contributed by atoms with Crippen LogP contribution in [0.1, 0.15) is 70.6 Å². The summed E-state index contributed by atoms with van der Waals surface area (Å²) >= 11 is 0. The average Bonchev–Trinajstić information content (AvgIpc) is 3.02. The third-order valence-electron chi connectivity index (χ3n) is 7.59. The van der Waals surface area contributed by atoms with E-state index in [2.05, 4.69) is 91.0 Å². The maximum atomic E-state index is 12.1. The molecule has 230 valence electrons. The molecule has 3 aromatic carbocycles. The van der Waals surface area contributed by atoms with Gasteiger partial charge in [-0.3, -0.25) is 9.59 Å². The molecule has 0 amide bonds. The Labute approximate surface area is 258 Å². The number of benzene rings is 3. The Hall–Kier alpha value is -3.14. The molecule has 7 nitrogen and oxygen atoms in total. The Morgan fingerprint density at radius 1 is 0.651 bits per heavy atom. The van der Waals surface area contributed by atoms with Gasteiger partial charge in [-0.1, -0.05) is 67.4 Å². The van der Waals surface area contributed by atoms with Crippen molar-refractivity contribution in [2.24, 2.45) is 0 Å². The molecule has 1 unspecified atom stereocenters. The predicted molar refractivity (Wildman–Crippen MR) is 166 cm³/mol. The molecule has 0 heterocycles. The summed E-state index contributed by atoms with van der Waals surface area (Å²) in [6.45, 7) is 0. The Kier molecular flexibility index (Phi) is 12.7. The lowest BCUT2D eigenvalue weighted by molar-refractivity contribution is -0.157. The number of hydrogen-bond acceptors (Lipinski definition) is 7. The first-order chi connectivity index (χ1) is 20.8. The Morgan fingerprint density at radius 3 is 1.40 bits per heavy atom. The largest absolute Gasteiger partial charge is 0.747 e. The first-order valence-corrected chi connectivity index (χ1v) is 17.7. The normalized spacial score (nSPS) is 16.9. The van der Waals surface area contributed by atoms with E-state index in [-0.39, 0.29) is 23.1 Å². The quantitative estimate of drug-likeness (QED) is 0.146. The monoisotopic (exact) mass is 624 g/mol. The summed E-state index contributed by atoms with van der Waals surface area (Å²) in [4.78, 5) is 28.1. The van der Waals surface area contributed by atoms with E-state index in [9.17, 15) is 22.6 Å². The van der Waals surface area contributed by atoms with E-state index in [1.807, 2.05) is 0 Å². The van der Waals surface area contributed by atoms with Gasteiger partial charge in [0, 0.05) is 0 Å². The Balaban J connectivity index is 0.000000202. The van der Waals surface area contributed by atoms with Gasteiger partial charge in [0.15, 0.2) is 19.9 Å². The Morgan fingerprint density at radius 2 is 1.02 bits per heavy atom. The lowest BCUT2D eigenvalue weighted by Gasteiger charge is -2.26. The molecule has 3 aromatic rings. The highest BCUT2D eigenvalue weighted by Crippen LogP contribution is 2.30. The fourth-order valence-electron chi connectivity index (χ4n) is 5.37. The molecule has 2 fully saturated rings. The van der Waals surface area contributed by atoms with Crippen LogP contribution >= 0.6 is 0 Å². The molecular weight excluding hydrogens is 585 g/mol. The van der Waals surface area contributed by atoms with E-state index in [0.29, 0.717) is 12.8 Å². The van der Waals surface area contributed by atoms with Gasteiger partial charge in [0.1, 0.15) is 22.3 Å². The first kappa shape index (κ1) is 32.8. The molecule has 0 bridgehead atoms. The third kappa shape index (κ3) is 10.5. The van der Waals surface area contributed by atoms with Crippen molar-refractivity contribution in [1.29, 1.82) is 0 Å². The topological polar surface area (TPSA) is 110 Å². The number of rotatable bonds is 9. The first-order valence-electron chi connectivity index (χ1n) is 15.1. The van der Waals surface area contributed by atoms with Gasteiger partial charge in [0.2, 0.25) is 0 Å². The molecule has 0 saturated heterocycles. The summed E-state index contributed by atoms with van der Waals surface area (Å²) in [7, 11) is -4.99. The lowest BCUT2D eigenvalue weighted by Crippen LogP contribution is -2.37. The minimum absolute atomic E-state index is 0.0146. The number of esters is 2. The molecule has 0 aliphatic heterocycles. The van der Waals surface area contributed by atoms with E-state index in [4.69, 9.17) is 9.47 Å². The maximum absolute atomic E-state index is 12.1. The van der Waals surface area contributed by atoms with Crippen LogP contribution in [0.3, 0.4) is 0 Å². The van der Waals surface area contributed by atoms with Crippen molar-refractivity contribution in [1.82, 2.24) is 0 Å². The van der Waals surface area contributed by atoms with E-state index in [0.717, 1.165) is 51.4 Å². The van der Waals surface area contributed by atoms with Crippen LogP contribution in [0, 0.1) is 0 Å². The van der Waals surface area contributed by atoms with Gasteiger partial charge < -0.3 is 14.0 Å². The van der Waals surface area contributed by atoms with Crippen molar-refractivity contribution in [3.05, 3.63) is 91.0 Å². The average molecular weight is 625 g/mol. The van der Waals surface area contributed by atoms with E-state index in [1.54, 1.807) is 0 Å². The van der Waals surface area contributed by atoms with Gasteiger partial charge in [-0.25, -0.2) is 8.42 Å². The second-order valence-electron chi connectivity index (χ2n) is 10.9. The predicted octanol–water partition coefficient (Wildman–Crippen LogP) is 6.82. The SMILES string of the molecule is O=C(CC(C(=O)OC1CCCCC1)S(=O)(=O)[O-])OC1CCCCC1.c1ccc([S+](c2ccccc2)c2ccccc2)cc1. The van der Waals surface area contributed by atoms with Crippen LogP contribution in [0.5, 0.6) is 0 Å². The molecule has 2 aliphatic carbocycles. The summed E-state index contributed by atoms with van der Waals surface area (Å²) in [6.07, 6.45) is 7.20. The van der Waals surface area contributed by atoms with E-state index < -0.39 is 33.7 Å². The highest BCUT2D eigenvalue weighted by molar-refractivity contribution is 7.97. The van der Waals surface area contributed by atoms with Gasteiger partial charge >= 0.3 is 11.9 Å². The molecule has 5 rings (SSSR count). The molecule has 1 atom stereocenters. The Bertz CT molecular complexity index is 1280. The van der Waals surface area contributed by atoms with E-state index in [1.165, 1.54) is 14.7 Å². The van der Waals surface area contributed by atoms with Gasteiger partial charge in [0.05, 0.1) is 17.3 Å². The van der Waals surface area contributed by atoms with Crippen molar-refractivity contribution < 1.29 is 32.0 Å². The van der Waals surface area contributed by atoms with Crippen LogP contribution in [-0.2, 0) is 40.1 Å². The molecule has 9 heteroatoms. The smallest absolute Gasteiger partial charge is 0.324 e.